The predicted molar refractivity (Wildman–Crippen MR) is 74.7 cm³/mol. The van der Waals surface area contributed by atoms with Crippen molar-refractivity contribution in [3.8, 4) is 0 Å². The molecule has 1 aromatic rings. The van der Waals surface area contributed by atoms with Gasteiger partial charge in [0, 0.05) is 22.8 Å². The fourth-order valence-corrected chi connectivity index (χ4v) is 3.14. The molecule has 0 amide bonds. The third-order valence-electron chi connectivity index (χ3n) is 4.03. The van der Waals surface area contributed by atoms with E-state index in [1.54, 1.807) is 0 Å². The van der Waals surface area contributed by atoms with E-state index in [4.69, 9.17) is 17.3 Å². The van der Waals surface area contributed by atoms with Crippen molar-refractivity contribution in [2.24, 2.45) is 11.7 Å². The molecule has 1 heterocycles. The average Bonchev–Trinajstić information content (AvgIpc) is 2.55. The lowest BCUT2D eigenvalue weighted by atomic mass is 9.85. The second-order valence-electron chi connectivity index (χ2n) is 5.35. The van der Waals surface area contributed by atoms with E-state index >= 15 is 0 Å². The van der Waals surface area contributed by atoms with Crippen molar-refractivity contribution in [1.29, 1.82) is 0 Å². The van der Waals surface area contributed by atoms with Gasteiger partial charge >= 0.3 is 0 Å². The summed E-state index contributed by atoms with van der Waals surface area (Å²) in [6.45, 7) is 6.48. The van der Waals surface area contributed by atoms with Gasteiger partial charge in [-0.2, -0.15) is 0 Å². The minimum absolute atomic E-state index is 0.171. The van der Waals surface area contributed by atoms with Crippen molar-refractivity contribution in [3.05, 3.63) is 29.3 Å². The molecule has 2 N–H and O–H groups in total. The fraction of sp³-hybridized carbons (Fsp3) is 0.571. The molecule has 94 valence electrons. The van der Waals surface area contributed by atoms with Crippen LogP contribution in [0, 0.1) is 5.92 Å². The lowest BCUT2D eigenvalue weighted by Crippen LogP contribution is -2.43. The summed E-state index contributed by atoms with van der Waals surface area (Å²) in [5.74, 6) is 0.673. The SMILES string of the molecule is CC1(C)C(CCN)CCN1c1cccc(Cl)c1. The molecule has 0 radical (unpaired) electrons. The van der Waals surface area contributed by atoms with E-state index in [1.165, 1.54) is 12.1 Å². The summed E-state index contributed by atoms with van der Waals surface area (Å²) >= 11 is 6.07. The first-order chi connectivity index (χ1) is 8.05. The number of hydrogen-bond donors (Lipinski definition) is 1. The largest absolute Gasteiger partial charge is 0.366 e. The van der Waals surface area contributed by atoms with Crippen molar-refractivity contribution >= 4 is 17.3 Å². The first-order valence-corrected chi connectivity index (χ1v) is 6.67. The first-order valence-electron chi connectivity index (χ1n) is 6.29. The van der Waals surface area contributed by atoms with Crippen LogP contribution >= 0.6 is 11.6 Å². The lowest BCUT2D eigenvalue weighted by Gasteiger charge is -2.38. The summed E-state index contributed by atoms with van der Waals surface area (Å²) in [6, 6.07) is 8.13. The van der Waals surface area contributed by atoms with Crippen molar-refractivity contribution in [1.82, 2.24) is 0 Å². The van der Waals surface area contributed by atoms with Crippen LogP contribution in [-0.4, -0.2) is 18.6 Å². The van der Waals surface area contributed by atoms with Crippen molar-refractivity contribution in [2.75, 3.05) is 18.0 Å². The molecule has 0 aliphatic carbocycles. The summed E-state index contributed by atoms with van der Waals surface area (Å²) in [7, 11) is 0. The van der Waals surface area contributed by atoms with Gasteiger partial charge in [0.25, 0.3) is 0 Å². The second kappa shape index (κ2) is 4.87. The van der Waals surface area contributed by atoms with Crippen LogP contribution in [0.3, 0.4) is 0 Å². The Balaban J connectivity index is 2.23. The third-order valence-corrected chi connectivity index (χ3v) is 4.27. The van der Waals surface area contributed by atoms with Gasteiger partial charge in [-0.25, -0.2) is 0 Å². The van der Waals surface area contributed by atoms with Crippen LogP contribution in [0.1, 0.15) is 26.7 Å². The van der Waals surface area contributed by atoms with E-state index in [2.05, 4.69) is 24.8 Å². The smallest absolute Gasteiger partial charge is 0.0426 e. The number of rotatable bonds is 3. The molecule has 0 spiro atoms. The van der Waals surface area contributed by atoms with Crippen LogP contribution in [0.2, 0.25) is 5.02 Å². The van der Waals surface area contributed by atoms with E-state index in [-0.39, 0.29) is 5.54 Å². The molecule has 0 aromatic heterocycles. The zero-order valence-electron chi connectivity index (χ0n) is 10.6. The zero-order chi connectivity index (χ0) is 12.5. The quantitative estimate of drug-likeness (QED) is 0.895. The van der Waals surface area contributed by atoms with Crippen LogP contribution in [0.15, 0.2) is 24.3 Å². The highest BCUT2D eigenvalue weighted by Gasteiger charge is 2.40. The standard InChI is InChI=1S/C14H21ClN2/c1-14(2)11(6-8-16)7-9-17(14)13-5-3-4-12(15)10-13/h3-5,10-11H,6-9,16H2,1-2H3. The number of anilines is 1. The Morgan fingerprint density at radius 1 is 1.47 bits per heavy atom. The summed E-state index contributed by atoms with van der Waals surface area (Å²) in [6.07, 6.45) is 2.32. The first kappa shape index (κ1) is 12.7. The van der Waals surface area contributed by atoms with Crippen LogP contribution < -0.4 is 10.6 Å². The Labute approximate surface area is 109 Å². The van der Waals surface area contributed by atoms with Gasteiger partial charge in [-0.1, -0.05) is 17.7 Å². The number of benzene rings is 1. The van der Waals surface area contributed by atoms with Gasteiger partial charge in [-0.05, 0) is 57.4 Å². The third kappa shape index (κ3) is 2.43. The van der Waals surface area contributed by atoms with E-state index in [0.29, 0.717) is 5.92 Å². The average molecular weight is 253 g/mol. The van der Waals surface area contributed by atoms with Gasteiger partial charge in [-0.3, -0.25) is 0 Å². The minimum atomic E-state index is 0.171. The van der Waals surface area contributed by atoms with Gasteiger partial charge in [0.1, 0.15) is 0 Å². The maximum Gasteiger partial charge on any atom is 0.0426 e. The molecular weight excluding hydrogens is 232 g/mol. The Bertz CT molecular complexity index is 390. The molecule has 1 atom stereocenters. The highest BCUT2D eigenvalue weighted by Crippen LogP contribution is 2.40. The molecule has 3 heteroatoms. The molecule has 1 aromatic carbocycles. The molecule has 1 aliphatic heterocycles. The Kier molecular flexibility index (Phi) is 3.64. The Morgan fingerprint density at radius 2 is 2.24 bits per heavy atom. The maximum atomic E-state index is 6.07. The summed E-state index contributed by atoms with van der Waals surface area (Å²) in [4.78, 5) is 2.46. The van der Waals surface area contributed by atoms with E-state index in [9.17, 15) is 0 Å². The molecule has 2 nitrogen and oxygen atoms in total. The number of nitrogens with two attached hydrogens (primary N) is 1. The molecule has 1 unspecified atom stereocenters. The molecule has 1 fully saturated rings. The van der Waals surface area contributed by atoms with Crippen LogP contribution in [0.5, 0.6) is 0 Å². The minimum Gasteiger partial charge on any atom is -0.366 e. The normalized spacial score (nSPS) is 23.1. The van der Waals surface area contributed by atoms with E-state index < -0.39 is 0 Å². The molecule has 1 saturated heterocycles. The maximum absolute atomic E-state index is 6.07. The molecule has 0 saturated carbocycles. The molecular formula is C14H21ClN2. The van der Waals surface area contributed by atoms with E-state index in [0.717, 1.165) is 24.5 Å². The van der Waals surface area contributed by atoms with Gasteiger partial charge in [0.2, 0.25) is 0 Å². The van der Waals surface area contributed by atoms with Crippen molar-refractivity contribution in [2.45, 2.75) is 32.2 Å². The lowest BCUT2D eigenvalue weighted by molar-refractivity contribution is 0.349. The van der Waals surface area contributed by atoms with Crippen LogP contribution in [0.4, 0.5) is 5.69 Å². The highest BCUT2D eigenvalue weighted by atomic mass is 35.5. The Morgan fingerprint density at radius 3 is 2.88 bits per heavy atom. The summed E-state index contributed by atoms with van der Waals surface area (Å²) in [5.41, 5.74) is 7.09. The van der Waals surface area contributed by atoms with Gasteiger partial charge in [0.15, 0.2) is 0 Å². The summed E-state index contributed by atoms with van der Waals surface area (Å²) in [5, 5.41) is 0.806. The molecule has 0 bridgehead atoms. The fourth-order valence-electron chi connectivity index (χ4n) is 2.95. The molecule has 1 aliphatic rings. The molecule has 17 heavy (non-hydrogen) atoms. The second-order valence-corrected chi connectivity index (χ2v) is 5.78. The number of halogens is 1. The van der Waals surface area contributed by atoms with Crippen molar-refractivity contribution in [3.63, 3.8) is 0 Å². The van der Waals surface area contributed by atoms with Gasteiger partial charge in [0.05, 0.1) is 0 Å². The Hall–Kier alpha value is -0.730. The van der Waals surface area contributed by atoms with Gasteiger partial charge in [-0.15, -0.1) is 0 Å². The van der Waals surface area contributed by atoms with Crippen LogP contribution in [-0.2, 0) is 0 Å². The predicted octanol–water partition coefficient (Wildman–Crippen LogP) is 3.29. The molecule has 2 rings (SSSR count). The monoisotopic (exact) mass is 252 g/mol. The topological polar surface area (TPSA) is 29.3 Å². The number of hydrogen-bond acceptors (Lipinski definition) is 2. The zero-order valence-corrected chi connectivity index (χ0v) is 11.4. The summed E-state index contributed by atoms with van der Waals surface area (Å²) < 4.78 is 0. The van der Waals surface area contributed by atoms with E-state index in [1.807, 2.05) is 18.2 Å². The van der Waals surface area contributed by atoms with Crippen molar-refractivity contribution < 1.29 is 0 Å². The number of nitrogens with zero attached hydrogens (tertiary/aromatic N) is 1. The van der Waals surface area contributed by atoms with Crippen LogP contribution in [0.25, 0.3) is 0 Å². The van der Waals surface area contributed by atoms with Gasteiger partial charge < -0.3 is 10.6 Å². The highest BCUT2D eigenvalue weighted by molar-refractivity contribution is 6.30.